The van der Waals surface area contributed by atoms with Crippen molar-refractivity contribution in [2.45, 2.75) is 19.9 Å². The molecule has 0 aromatic carbocycles. The van der Waals surface area contributed by atoms with E-state index in [1.54, 1.807) is 11.3 Å². The number of aryl methyl sites for hydroxylation is 1. The Kier molecular flexibility index (Phi) is 3.90. The van der Waals surface area contributed by atoms with Gasteiger partial charge in [0.15, 0.2) is 0 Å². The summed E-state index contributed by atoms with van der Waals surface area (Å²) in [4.78, 5) is 5.16. The summed E-state index contributed by atoms with van der Waals surface area (Å²) in [5.41, 5.74) is 5.67. The van der Waals surface area contributed by atoms with Crippen molar-refractivity contribution in [1.82, 2.24) is 15.1 Å². The summed E-state index contributed by atoms with van der Waals surface area (Å²) in [5, 5.41) is 10.2. The molecule has 1 aliphatic heterocycles. The number of aromatic nitrogens is 2. The van der Waals surface area contributed by atoms with E-state index in [0.29, 0.717) is 4.99 Å². The fourth-order valence-electron chi connectivity index (χ4n) is 1.89. The van der Waals surface area contributed by atoms with Crippen molar-refractivity contribution < 1.29 is 0 Å². The summed E-state index contributed by atoms with van der Waals surface area (Å²) >= 11 is 6.67. The third kappa shape index (κ3) is 2.91. The molecule has 5 nitrogen and oxygen atoms in total. The number of hydrogen-bond donors (Lipinski definition) is 1. The van der Waals surface area contributed by atoms with Gasteiger partial charge in [0.05, 0.1) is 11.0 Å². The van der Waals surface area contributed by atoms with Gasteiger partial charge in [0.1, 0.15) is 5.01 Å². The smallest absolute Gasteiger partial charge is 0.208 e. The molecule has 0 saturated carbocycles. The summed E-state index contributed by atoms with van der Waals surface area (Å²) in [6, 6.07) is 0.184. The maximum atomic E-state index is 5.67. The zero-order chi connectivity index (χ0) is 12.4. The Balaban J connectivity index is 1.92. The van der Waals surface area contributed by atoms with E-state index in [-0.39, 0.29) is 6.04 Å². The van der Waals surface area contributed by atoms with Crippen LogP contribution < -0.4 is 10.6 Å². The fourth-order valence-corrected chi connectivity index (χ4v) is 2.78. The molecule has 2 N–H and O–H groups in total. The number of anilines is 1. The van der Waals surface area contributed by atoms with Gasteiger partial charge >= 0.3 is 0 Å². The predicted octanol–water partition coefficient (Wildman–Crippen LogP) is 0.643. The molecule has 1 aliphatic rings. The van der Waals surface area contributed by atoms with Gasteiger partial charge in [0.2, 0.25) is 5.13 Å². The topological polar surface area (TPSA) is 58.3 Å². The highest BCUT2D eigenvalue weighted by Crippen LogP contribution is 2.21. The summed E-state index contributed by atoms with van der Waals surface area (Å²) in [6.45, 7) is 7.90. The van der Waals surface area contributed by atoms with Gasteiger partial charge in [-0.05, 0) is 13.8 Å². The first-order chi connectivity index (χ1) is 8.08. The number of nitrogens with zero attached hydrogens (tertiary/aromatic N) is 4. The minimum atomic E-state index is 0.184. The van der Waals surface area contributed by atoms with Crippen molar-refractivity contribution in [1.29, 1.82) is 0 Å². The van der Waals surface area contributed by atoms with E-state index in [2.05, 4.69) is 26.9 Å². The molecule has 0 spiro atoms. The third-order valence-electron chi connectivity index (χ3n) is 3.06. The molecule has 2 heterocycles. The summed E-state index contributed by atoms with van der Waals surface area (Å²) in [7, 11) is 0. The first kappa shape index (κ1) is 12.7. The second-order valence-electron chi connectivity index (χ2n) is 4.21. The minimum absolute atomic E-state index is 0.184. The van der Waals surface area contributed by atoms with Gasteiger partial charge in [-0.3, -0.25) is 4.90 Å². The van der Waals surface area contributed by atoms with Crippen LogP contribution in [-0.2, 0) is 0 Å². The van der Waals surface area contributed by atoms with Crippen LogP contribution in [0.25, 0.3) is 0 Å². The van der Waals surface area contributed by atoms with Crippen LogP contribution in [0.4, 0.5) is 5.13 Å². The molecule has 1 unspecified atom stereocenters. The molecule has 17 heavy (non-hydrogen) atoms. The molecular weight excluding hydrogens is 254 g/mol. The molecule has 1 fully saturated rings. The lowest BCUT2D eigenvalue weighted by Gasteiger charge is -2.37. The first-order valence-corrected chi connectivity index (χ1v) is 6.89. The molecule has 0 aliphatic carbocycles. The van der Waals surface area contributed by atoms with Crippen molar-refractivity contribution in [3.8, 4) is 0 Å². The molecule has 7 heteroatoms. The highest BCUT2D eigenvalue weighted by molar-refractivity contribution is 7.80. The SMILES string of the molecule is Cc1nnc(N2CCN(C(C)C(N)=S)CC2)s1. The van der Waals surface area contributed by atoms with Crippen LogP contribution in [0.2, 0.25) is 0 Å². The molecule has 1 aromatic heterocycles. The third-order valence-corrected chi connectivity index (χ3v) is 4.30. The van der Waals surface area contributed by atoms with Crippen LogP contribution in [0, 0.1) is 6.92 Å². The zero-order valence-electron chi connectivity index (χ0n) is 10.1. The van der Waals surface area contributed by atoms with Gasteiger partial charge < -0.3 is 10.6 Å². The Morgan fingerprint density at radius 1 is 1.35 bits per heavy atom. The Bertz CT molecular complexity index is 397. The van der Waals surface area contributed by atoms with Gasteiger partial charge in [0.25, 0.3) is 0 Å². The average Bonchev–Trinajstić information content (AvgIpc) is 2.75. The van der Waals surface area contributed by atoms with E-state index in [9.17, 15) is 0 Å². The highest BCUT2D eigenvalue weighted by atomic mass is 32.1. The number of piperazine rings is 1. The van der Waals surface area contributed by atoms with Gasteiger partial charge in [-0.1, -0.05) is 23.6 Å². The Morgan fingerprint density at radius 2 is 2.00 bits per heavy atom. The molecule has 2 rings (SSSR count). The summed E-state index contributed by atoms with van der Waals surface area (Å²) in [5.74, 6) is 0. The largest absolute Gasteiger partial charge is 0.392 e. The summed E-state index contributed by atoms with van der Waals surface area (Å²) in [6.07, 6.45) is 0. The van der Waals surface area contributed by atoms with Crippen LogP contribution in [0.1, 0.15) is 11.9 Å². The molecule has 0 radical (unpaired) electrons. The van der Waals surface area contributed by atoms with Crippen molar-refractivity contribution in [3.05, 3.63) is 5.01 Å². The van der Waals surface area contributed by atoms with Crippen LogP contribution in [0.3, 0.4) is 0 Å². The number of rotatable bonds is 3. The van der Waals surface area contributed by atoms with E-state index in [0.717, 1.165) is 36.3 Å². The van der Waals surface area contributed by atoms with Gasteiger partial charge in [0, 0.05) is 26.2 Å². The van der Waals surface area contributed by atoms with Crippen molar-refractivity contribution in [2.75, 3.05) is 31.1 Å². The average molecular weight is 271 g/mol. The van der Waals surface area contributed by atoms with Crippen molar-refractivity contribution in [2.24, 2.45) is 5.73 Å². The monoisotopic (exact) mass is 271 g/mol. The van der Waals surface area contributed by atoms with Gasteiger partial charge in [-0.2, -0.15) is 0 Å². The maximum Gasteiger partial charge on any atom is 0.208 e. The lowest BCUT2D eigenvalue weighted by Crippen LogP contribution is -2.52. The first-order valence-electron chi connectivity index (χ1n) is 5.66. The summed E-state index contributed by atoms with van der Waals surface area (Å²) < 4.78 is 0. The molecular formula is C10H17N5S2. The number of thiocarbonyl (C=S) groups is 1. The van der Waals surface area contributed by atoms with E-state index in [4.69, 9.17) is 18.0 Å². The van der Waals surface area contributed by atoms with Gasteiger partial charge in [-0.25, -0.2) is 0 Å². The normalized spacial score (nSPS) is 19.3. The lowest BCUT2D eigenvalue weighted by atomic mass is 10.2. The van der Waals surface area contributed by atoms with Crippen LogP contribution >= 0.6 is 23.6 Å². The van der Waals surface area contributed by atoms with Crippen molar-refractivity contribution in [3.63, 3.8) is 0 Å². The fraction of sp³-hybridized carbons (Fsp3) is 0.700. The zero-order valence-corrected chi connectivity index (χ0v) is 11.7. The van der Waals surface area contributed by atoms with E-state index >= 15 is 0 Å². The van der Waals surface area contributed by atoms with Crippen LogP contribution in [0.15, 0.2) is 0 Å². The van der Waals surface area contributed by atoms with E-state index in [1.165, 1.54) is 0 Å². The van der Waals surface area contributed by atoms with Crippen LogP contribution in [-0.4, -0.2) is 52.3 Å². The van der Waals surface area contributed by atoms with Crippen molar-refractivity contribution >= 4 is 33.7 Å². The van der Waals surface area contributed by atoms with Gasteiger partial charge in [-0.15, -0.1) is 10.2 Å². The van der Waals surface area contributed by atoms with E-state index in [1.807, 2.05) is 6.92 Å². The lowest BCUT2D eigenvalue weighted by molar-refractivity contribution is 0.239. The maximum absolute atomic E-state index is 5.67. The van der Waals surface area contributed by atoms with Crippen LogP contribution in [0.5, 0.6) is 0 Å². The highest BCUT2D eigenvalue weighted by Gasteiger charge is 2.23. The molecule has 1 saturated heterocycles. The Labute approximate surface area is 111 Å². The molecule has 1 atom stereocenters. The predicted molar refractivity (Wildman–Crippen MR) is 74.7 cm³/mol. The number of hydrogen-bond acceptors (Lipinski definition) is 6. The standard InChI is InChI=1S/C10H17N5S2/c1-7(9(11)16)14-3-5-15(6-4-14)10-13-12-8(2)17-10/h7H,3-6H2,1-2H3,(H2,11,16). The minimum Gasteiger partial charge on any atom is -0.392 e. The Morgan fingerprint density at radius 3 is 2.47 bits per heavy atom. The molecule has 0 bridgehead atoms. The molecule has 94 valence electrons. The Hall–Kier alpha value is -0.790. The molecule has 0 amide bonds. The second-order valence-corrected chi connectivity index (χ2v) is 5.84. The molecule has 1 aromatic rings. The quantitative estimate of drug-likeness (QED) is 0.814. The second kappa shape index (κ2) is 5.24. The van der Waals surface area contributed by atoms with E-state index < -0.39 is 0 Å². The number of nitrogens with two attached hydrogens (primary N) is 1.